The van der Waals surface area contributed by atoms with Gasteiger partial charge in [0.05, 0.1) is 11.1 Å². The van der Waals surface area contributed by atoms with Crippen LogP contribution in [0.1, 0.15) is 12.5 Å². The van der Waals surface area contributed by atoms with E-state index in [4.69, 9.17) is 4.74 Å². The molecular formula is C18H16N4O4. The Morgan fingerprint density at radius 1 is 1.27 bits per heavy atom. The summed E-state index contributed by atoms with van der Waals surface area (Å²) in [6.07, 6.45) is 2.36. The molecule has 2 N–H and O–H groups in total. The topological polar surface area (TPSA) is 110 Å². The summed E-state index contributed by atoms with van der Waals surface area (Å²) in [5.41, 5.74) is 3.97. The molecule has 3 rings (SSSR count). The van der Waals surface area contributed by atoms with Crippen LogP contribution in [-0.2, 0) is 4.79 Å². The van der Waals surface area contributed by atoms with Gasteiger partial charge in [-0.1, -0.05) is 30.3 Å². The molecule has 0 unspecified atom stereocenters. The molecule has 1 aromatic heterocycles. The lowest BCUT2D eigenvalue weighted by Crippen LogP contribution is -2.33. The molecule has 1 atom stereocenters. The number of nitro groups is 1. The SMILES string of the molecule is C[C@H](Oc1ccccc1[N+](=O)[O-])C(=O)N/N=C\c1c[nH]c2ccccc12. The predicted molar refractivity (Wildman–Crippen MR) is 97.2 cm³/mol. The first kappa shape index (κ1) is 17.2. The van der Waals surface area contributed by atoms with Gasteiger partial charge in [-0.05, 0) is 19.1 Å². The van der Waals surface area contributed by atoms with Crippen LogP contribution in [0.25, 0.3) is 10.9 Å². The van der Waals surface area contributed by atoms with Crippen molar-refractivity contribution in [3.63, 3.8) is 0 Å². The number of carbonyl (C=O) groups is 1. The Kier molecular flexibility index (Phi) is 4.93. The molecule has 2 aromatic carbocycles. The van der Waals surface area contributed by atoms with Crippen LogP contribution in [0.15, 0.2) is 59.8 Å². The summed E-state index contributed by atoms with van der Waals surface area (Å²) in [6.45, 7) is 1.49. The standard InChI is InChI=1S/C18H16N4O4/c1-12(26-17-9-5-4-8-16(17)22(24)25)18(23)21-20-11-13-10-19-15-7-3-2-6-14(13)15/h2-12,19H,1H3,(H,21,23)/b20-11-/t12-/m0/s1. The molecule has 26 heavy (non-hydrogen) atoms. The largest absolute Gasteiger partial charge is 0.474 e. The van der Waals surface area contributed by atoms with E-state index >= 15 is 0 Å². The minimum atomic E-state index is -0.948. The van der Waals surface area contributed by atoms with Gasteiger partial charge in [0.1, 0.15) is 0 Å². The average Bonchev–Trinajstić information content (AvgIpc) is 3.05. The van der Waals surface area contributed by atoms with E-state index in [1.54, 1.807) is 12.3 Å². The number of para-hydroxylation sites is 3. The van der Waals surface area contributed by atoms with Crippen molar-refractivity contribution in [1.82, 2.24) is 10.4 Å². The van der Waals surface area contributed by atoms with Gasteiger partial charge in [0.15, 0.2) is 11.9 Å². The first-order valence-corrected chi connectivity index (χ1v) is 7.85. The average molecular weight is 352 g/mol. The lowest BCUT2D eigenvalue weighted by atomic mass is 10.2. The van der Waals surface area contributed by atoms with Gasteiger partial charge in [-0.15, -0.1) is 0 Å². The first-order valence-electron chi connectivity index (χ1n) is 7.85. The Balaban J connectivity index is 1.64. The fourth-order valence-corrected chi connectivity index (χ4v) is 2.41. The number of rotatable bonds is 6. The molecule has 8 heteroatoms. The number of carbonyl (C=O) groups excluding carboxylic acids is 1. The van der Waals surface area contributed by atoms with Crippen LogP contribution in [0.2, 0.25) is 0 Å². The summed E-state index contributed by atoms with van der Waals surface area (Å²) < 4.78 is 5.39. The molecule has 3 aromatic rings. The highest BCUT2D eigenvalue weighted by atomic mass is 16.6. The molecule has 1 heterocycles. The van der Waals surface area contributed by atoms with E-state index in [9.17, 15) is 14.9 Å². The van der Waals surface area contributed by atoms with E-state index in [2.05, 4.69) is 15.5 Å². The van der Waals surface area contributed by atoms with Gasteiger partial charge in [-0.25, -0.2) is 5.43 Å². The fourth-order valence-electron chi connectivity index (χ4n) is 2.41. The molecule has 0 bridgehead atoms. The third-order valence-electron chi connectivity index (χ3n) is 3.73. The van der Waals surface area contributed by atoms with Gasteiger partial charge < -0.3 is 9.72 Å². The lowest BCUT2D eigenvalue weighted by molar-refractivity contribution is -0.386. The number of aromatic amines is 1. The normalized spacial score (nSPS) is 12.2. The number of nitrogens with zero attached hydrogens (tertiary/aromatic N) is 2. The monoisotopic (exact) mass is 352 g/mol. The second-order valence-electron chi connectivity index (χ2n) is 5.51. The van der Waals surface area contributed by atoms with E-state index in [0.29, 0.717) is 0 Å². The van der Waals surface area contributed by atoms with Gasteiger partial charge in [-0.3, -0.25) is 14.9 Å². The summed E-state index contributed by atoms with van der Waals surface area (Å²) in [5.74, 6) is -0.486. The van der Waals surface area contributed by atoms with Crippen LogP contribution in [-0.4, -0.2) is 28.1 Å². The molecule has 0 saturated heterocycles. The minimum absolute atomic E-state index is 0.0285. The summed E-state index contributed by atoms with van der Waals surface area (Å²) >= 11 is 0. The highest BCUT2D eigenvalue weighted by molar-refractivity contribution is 5.99. The van der Waals surface area contributed by atoms with Crippen LogP contribution in [0, 0.1) is 10.1 Å². The summed E-state index contributed by atoms with van der Waals surface area (Å²) in [4.78, 5) is 25.6. The van der Waals surface area contributed by atoms with E-state index in [1.165, 1.54) is 31.3 Å². The number of benzene rings is 2. The van der Waals surface area contributed by atoms with Gasteiger partial charge in [0, 0.05) is 28.7 Å². The summed E-state index contributed by atoms with van der Waals surface area (Å²) in [5, 5.41) is 15.9. The Labute approximate surface area is 148 Å². The number of nitro benzene ring substituents is 1. The van der Waals surface area contributed by atoms with Crippen LogP contribution in [0.5, 0.6) is 5.75 Å². The van der Waals surface area contributed by atoms with Crippen molar-refractivity contribution in [3.05, 3.63) is 70.4 Å². The molecule has 0 aliphatic carbocycles. The number of hydrogen-bond acceptors (Lipinski definition) is 5. The van der Waals surface area contributed by atoms with E-state index in [1.807, 2.05) is 24.3 Å². The van der Waals surface area contributed by atoms with Crippen molar-refractivity contribution in [2.45, 2.75) is 13.0 Å². The number of nitrogens with one attached hydrogen (secondary N) is 2. The maximum absolute atomic E-state index is 12.1. The van der Waals surface area contributed by atoms with Crippen molar-refractivity contribution in [1.29, 1.82) is 0 Å². The molecule has 0 radical (unpaired) electrons. The number of amides is 1. The Bertz CT molecular complexity index is 980. The highest BCUT2D eigenvalue weighted by Gasteiger charge is 2.20. The van der Waals surface area contributed by atoms with Crippen molar-refractivity contribution < 1.29 is 14.5 Å². The zero-order valence-corrected chi connectivity index (χ0v) is 13.9. The number of fused-ring (bicyclic) bond motifs is 1. The van der Waals surface area contributed by atoms with Crippen molar-refractivity contribution in [2.75, 3.05) is 0 Å². The van der Waals surface area contributed by atoms with Crippen LogP contribution in [0.3, 0.4) is 0 Å². The summed E-state index contributed by atoms with van der Waals surface area (Å²) in [6, 6.07) is 13.6. The molecule has 0 aliphatic rings. The Hall–Kier alpha value is -3.68. The second kappa shape index (κ2) is 7.47. The molecule has 0 saturated carbocycles. The van der Waals surface area contributed by atoms with Crippen molar-refractivity contribution in [2.24, 2.45) is 5.10 Å². The predicted octanol–water partition coefficient (Wildman–Crippen LogP) is 2.99. The van der Waals surface area contributed by atoms with Crippen molar-refractivity contribution in [3.8, 4) is 5.75 Å². The third kappa shape index (κ3) is 3.69. The summed E-state index contributed by atoms with van der Waals surface area (Å²) in [7, 11) is 0. The van der Waals surface area contributed by atoms with Crippen LogP contribution < -0.4 is 10.2 Å². The first-order chi connectivity index (χ1) is 12.6. The lowest BCUT2D eigenvalue weighted by Gasteiger charge is -2.12. The molecule has 8 nitrogen and oxygen atoms in total. The molecule has 132 valence electrons. The van der Waals surface area contributed by atoms with Gasteiger partial charge in [-0.2, -0.15) is 5.10 Å². The van der Waals surface area contributed by atoms with E-state index < -0.39 is 16.9 Å². The molecule has 1 amide bonds. The zero-order chi connectivity index (χ0) is 18.5. The maximum atomic E-state index is 12.1. The quantitative estimate of drug-likeness (QED) is 0.404. The molecule has 0 aliphatic heterocycles. The Morgan fingerprint density at radius 3 is 2.81 bits per heavy atom. The van der Waals surface area contributed by atoms with Gasteiger partial charge in [0.2, 0.25) is 0 Å². The highest BCUT2D eigenvalue weighted by Crippen LogP contribution is 2.26. The van der Waals surface area contributed by atoms with E-state index in [-0.39, 0.29) is 11.4 Å². The molecule has 0 spiro atoms. The zero-order valence-electron chi connectivity index (χ0n) is 13.9. The maximum Gasteiger partial charge on any atom is 0.310 e. The Morgan fingerprint density at radius 2 is 2.00 bits per heavy atom. The van der Waals surface area contributed by atoms with Crippen molar-refractivity contribution >= 4 is 28.7 Å². The number of H-pyrrole nitrogens is 1. The number of hydrazone groups is 1. The minimum Gasteiger partial charge on any atom is -0.474 e. The van der Waals surface area contributed by atoms with Gasteiger partial charge >= 0.3 is 5.69 Å². The molecule has 0 fully saturated rings. The van der Waals surface area contributed by atoms with E-state index in [0.717, 1.165) is 16.5 Å². The molecular weight excluding hydrogens is 336 g/mol. The van der Waals surface area contributed by atoms with Gasteiger partial charge in [0.25, 0.3) is 5.91 Å². The van der Waals surface area contributed by atoms with Crippen LogP contribution >= 0.6 is 0 Å². The number of aromatic nitrogens is 1. The number of hydrogen-bond donors (Lipinski definition) is 2. The number of ether oxygens (including phenoxy) is 1. The van der Waals surface area contributed by atoms with Crippen LogP contribution in [0.4, 0.5) is 5.69 Å². The smallest absolute Gasteiger partial charge is 0.310 e. The third-order valence-corrected chi connectivity index (χ3v) is 3.73. The second-order valence-corrected chi connectivity index (χ2v) is 5.51. The fraction of sp³-hybridized carbons (Fsp3) is 0.111.